The van der Waals surface area contributed by atoms with Gasteiger partial charge in [0.05, 0.1) is 38.6 Å². The summed E-state index contributed by atoms with van der Waals surface area (Å²) >= 11 is 0. The van der Waals surface area contributed by atoms with Crippen molar-refractivity contribution in [2.24, 2.45) is 5.92 Å². The van der Waals surface area contributed by atoms with E-state index in [4.69, 9.17) is 23.7 Å². The molecule has 0 radical (unpaired) electrons. The van der Waals surface area contributed by atoms with Gasteiger partial charge in [0.25, 0.3) is 0 Å². The van der Waals surface area contributed by atoms with E-state index in [2.05, 4.69) is 0 Å². The highest BCUT2D eigenvalue weighted by Gasteiger charge is 2.48. The Labute approximate surface area is 195 Å². The first-order valence-electron chi connectivity index (χ1n) is 11.3. The first-order chi connectivity index (χ1) is 16.1. The molecule has 14 heteroatoms. The zero-order chi connectivity index (χ0) is 25.2. The number of ether oxygens (including phenoxy) is 5. The lowest BCUT2D eigenvalue weighted by Gasteiger charge is -2.43. The number of aliphatic hydroxyl groups excluding tert-OH is 9. The van der Waals surface area contributed by atoms with Gasteiger partial charge in [0.15, 0.2) is 12.6 Å². The van der Waals surface area contributed by atoms with E-state index in [1.54, 1.807) is 6.92 Å². The highest BCUT2D eigenvalue weighted by molar-refractivity contribution is 4.92. The van der Waals surface area contributed by atoms with Gasteiger partial charge in [-0.15, -0.1) is 0 Å². The van der Waals surface area contributed by atoms with Crippen molar-refractivity contribution in [1.29, 1.82) is 0 Å². The summed E-state index contributed by atoms with van der Waals surface area (Å²) in [5.41, 5.74) is 0. The largest absolute Gasteiger partial charge is 0.394 e. The fourth-order valence-electron chi connectivity index (χ4n) is 4.40. The van der Waals surface area contributed by atoms with Crippen molar-refractivity contribution < 1.29 is 69.6 Å². The van der Waals surface area contributed by atoms with Crippen LogP contribution < -0.4 is 0 Å². The van der Waals surface area contributed by atoms with E-state index in [1.165, 1.54) is 0 Å². The first kappa shape index (κ1) is 28.0. The van der Waals surface area contributed by atoms with Crippen LogP contribution in [0.15, 0.2) is 0 Å². The van der Waals surface area contributed by atoms with Crippen molar-refractivity contribution in [2.45, 2.75) is 93.1 Å². The Morgan fingerprint density at radius 1 is 0.647 bits per heavy atom. The molecule has 0 spiro atoms. The molecule has 9 unspecified atom stereocenters. The molecule has 0 aromatic carbocycles. The molecule has 14 nitrogen and oxygen atoms in total. The highest BCUT2D eigenvalue weighted by atomic mass is 16.7. The van der Waals surface area contributed by atoms with Gasteiger partial charge in [-0.3, -0.25) is 0 Å². The van der Waals surface area contributed by atoms with E-state index < -0.39 is 98.9 Å². The predicted molar refractivity (Wildman–Crippen MR) is 108 cm³/mol. The third-order valence-corrected chi connectivity index (χ3v) is 6.63. The number of aliphatic hydroxyl groups is 9. The molecule has 0 aromatic heterocycles. The third-order valence-electron chi connectivity index (χ3n) is 6.63. The molecule has 0 aromatic rings. The van der Waals surface area contributed by atoms with Crippen LogP contribution >= 0.6 is 0 Å². The summed E-state index contributed by atoms with van der Waals surface area (Å²) in [6, 6.07) is 0. The molecule has 200 valence electrons. The molecule has 0 bridgehead atoms. The predicted octanol–water partition coefficient (Wildman–Crippen LogP) is -5.23. The second-order valence-electron chi connectivity index (χ2n) is 8.88. The van der Waals surface area contributed by atoms with Crippen LogP contribution in [-0.4, -0.2) is 152 Å². The quantitative estimate of drug-likeness (QED) is 0.152. The van der Waals surface area contributed by atoms with Crippen LogP contribution in [0.4, 0.5) is 0 Å². The van der Waals surface area contributed by atoms with Crippen molar-refractivity contribution in [3.05, 3.63) is 0 Å². The zero-order valence-electron chi connectivity index (χ0n) is 18.7. The minimum Gasteiger partial charge on any atom is -0.394 e. The average Bonchev–Trinajstić information content (AvgIpc) is 2.83. The van der Waals surface area contributed by atoms with Gasteiger partial charge in [-0.1, -0.05) is 6.92 Å². The van der Waals surface area contributed by atoms with Gasteiger partial charge < -0.3 is 69.6 Å². The maximum absolute atomic E-state index is 10.3. The van der Waals surface area contributed by atoms with Gasteiger partial charge in [-0.05, 0) is 6.42 Å². The maximum atomic E-state index is 10.3. The first-order valence-corrected chi connectivity index (χ1v) is 11.3. The van der Waals surface area contributed by atoms with E-state index in [-0.39, 0.29) is 13.2 Å². The number of hydrogen-bond acceptors (Lipinski definition) is 14. The van der Waals surface area contributed by atoms with Crippen molar-refractivity contribution in [2.75, 3.05) is 26.4 Å². The Kier molecular flexibility index (Phi) is 9.99. The summed E-state index contributed by atoms with van der Waals surface area (Å²) in [5, 5.41) is 89.8. The van der Waals surface area contributed by atoms with Crippen LogP contribution in [0.3, 0.4) is 0 Å². The summed E-state index contributed by atoms with van der Waals surface area (Å²) in [5.74, 6) is -0.440. The van der Waals surface area contributed by atoms with Crippen molar-refractivity contribution in [3.8, 4) is 0 Å². The maximum Gasteiger partial charge on any atom is 0.186 e. The minimum atomic E-state index is -1.68. The second-order valence-corrected chi connectivity index (χ2v) is 8.88. The van der Waals surface area contributed by atoms with Crippen molar-refractivity contribution in [1.82, 2.24) is 0 Å². The molecular formula is C20H36O14. The molecule has 0 saturated carbocycles. The van der Waals surface area contributed by atoms with Gasteiger partial charge in [0.2, 0.25) is 0 Å². The lowest BCUT2D eigenvalue weighted by atomic mass is 9.88. The van der Waals surface area contributed by atoms with Gasteiger partial charge in [0, 0.05) is 5.92 Å². The number of hydrogen-bond donors (Lipinski definition) is 9. The van der Waals surface area contributed by atoms with Crippen LogP contribution in [0.2, 0.25) is 0 Å². The Morgan fingerprint density at radius 3 is 1.68 bits per heavy atom. The van der Waals surface area contributed by atoms with Gasteiger partial charge in [-0.2, -0.15) is 0 Å². The van der Waals surface area contributed by atoms with E-state index in [1.807, 2.05) is 0 Å². The number of rotatable bonds is 8. The molecule has 3 aliphatic heterocycles. The molecule has 34 heavy (non-hydrogen) atoms. The van der Waals surface area contributed by atoms with Crippen LogP contribution in [0, 0.1) is 5.92 Å². The Balaban J connectivity index is 1.58. The normalized spacial score (nSPS) is 50.3. The molecule has 0 aliphatic carbocycles. The fraction of sp³-hybridized carbons (Fsp3) is 1.00. The molecule has 9 N–H and O–H groups in total. The van der Waals surface area contributed by atoms with Crippen LogP contribution in [-0.2, 0) is 23.7 Å². The molecule has 3 aliphatic rings. The van der Waals surface area contributed by atoms with Gasteiger partial charge in [0.1, 0.15) is 54.9 Å². The lowest BCUT2D eigenvalue weighted by molar-refractivity contribution is -0.334. The molecule has 0 amide bonds. The van der Waals surface area contributed by atoms with Crippen LogP contribution in [0.5, 0.6) is 0 Å². The molecule has 3 fully saturated rings. The van der Waals surface area contributed by atoms with Crippen molar-refractivity contribution in [3.63, 3.8) is 0 Å². The summed E-state index contributed by atoms with van der Waals surface area (Å²) in [6.45, 7) is 0.433. The Morgan fingerprint density at radius 2 is 1.15 bits per heavy atom. The zero-order valence-corrected chi connectivity index (χ0v) is 18.7. The van der Waals surface area contributed by atoms with E-state index >= 15 is 0 Å². The Hall–Kier alpha value is -0.560. The summed E-state index contributed by atoms with van der Waals surface area (Å²) in [4.78, 5) is 0. The summed E-state index contributed by atoms with van der Waals surface area (Å²) < 4.78 is 27.2. The molecule has 14 atom stereocenters. The monoisotopic (exact) mass is 500 g/mol. The topological polar surface area (TPSA) is 228 Å². The van der Waals surface area contributed by atoms with Gasteiger partial charge in [-0.25, -0.2) is 0 Å². The minimum absolute atomic E-state index is 0.101. The smallest absolute Gasteiger partial charge is 0.186 e. The Bertz CT molecular complexity index is 624. The van der Waals surface area contributed by atoms with E-state index in [9.17, 15) is 46.0 Å². The SMILES string of the molecule is CC[C@H]1C(CO[C@@H]2OC(CO[C@@H]3OC(CO)[C@H](O)C(O)C3O)[C@H](O)C(O)C2O)OCC(O)C1O. The van der Waals surface area contributed by atoms with Gasteiger partial charge >= 0.3 is 0 Å². The standard InChI is InChI=1S/C20H36O14/c1-2-7-10(30-4-8(22)12(7)23)5-31-20-18(29)16(27)14(25)11(34-20)6-32-19-17(28)15(26)13(24)9(3-21)33-19/h7-29H,2-6H2,1H3/t7-,8?,9?,10?,11?,12?,13-,14-,15?,16?,17?,18?,19+,20+/m0/s1. The highest BCUT2D eigenvalue weighted by Crippen LogP contribution is 2.28. The fourth-order valence-corrected chi connectivity index (χ4v) is 4.40. The van der Waals surface area contributed by atoms with E-state index in [0.717, 1.165) is 0 Å². The molecule has 3 heterocycles. The van der Waals surface area contributed by atoms with Crippen LogP contribution in [0.1, 0.15) is 13.3 Å². The van der Waals surface area contributed by atoms with Crippen LogP contribution in [0.25, 0.3) is 0 Å². The van der Waals surface area contributed by atoms with E-state index in [0.29, 0.717) is 6.42 Å². The average molecular weight is 500 g/mol. The molecule has 3 saturated heterocycles. The van der Waals surface area contributed by atoms with Crippen molar-refractivity contribution >= 4 is 0 Å². The summed E-state index contributed by atoms with van der Waals surface area (Å²) in [6.07, 6.45) is -17.3. The molecule has 3 rings (SSSR count). The summed E-state index contributed by atoms with van der Waals surface area (Å²) in [7, 11) is 0. The molecular weight excluding hydrogens is 464 g/mol. The second kappa shape index (κ2) is 12.1. The lowest BCUT2D eigenvalue weighted by Crippen LogP contribution is -2.62. The third kappa shape index (κ3) is 5.87.